The maximum atomic E-state index is 14.9. The predicted molar refractivity (Wildman–Crippen MR) is 150 cm³/mol. The van der Waals surface area contributed by atoms with Gasteiger partial charge in [-0.15, -0.1) is 5.10 Å². The lowest BCUT2D eigenvalue weighted by Gasteiger charge is -2.37. The molecule has 5 aromatic rings. The average Bonchev–Trinajstić information content (AvgIpc) is 3.40. The molecule has 6 nitrogen and oxygen atoms in total. The van der Waals surface area contributed by atoms with Crippen LogP contribution >= 0.6 is 0 Å². The van der Waals surface area contributed by atoms with E-state index in [1.165, 1.54) is 23.9 Å². The van der Waals surface area contributed by atoms with Crippen LogP contribution in [-0.2, 0) is 17.9 Å². The number of nitrogens with one attached hydrogen (secondary N) is 1. The molecule has 0 radical (unpaired) electrons. The van der Waals surface area contributed by atoms with Gasteiger partial charge in [-0.25, -0.2) is 8.78 Å². The fourth-order valence-corrected chi connectivity index (χ4v) is 4.90. The Hall–Kier alpha value is -4.27. The molecule has 40 heavy (non-hydrogen) atoms. The Labute approximate surface area is 232 Å². The van der Waals surface area contributed by atoms with Gasteiger partial charge in [-0.05, 0) is 48.4 Å². The van der Waals surface area contributed by atoms with E-state index in [-0.39, 0.29) is 12.0 Å². The molecule has 2 heterocycles. The molecule has 204 valence electrons. The molecule has 0 bridgehead atoms. The lowest BCUT2D eigenvalue weighted by atomic mass is 9.79. The Kier molecular flexibility index (Phi) is 7.82. The van der Waals surface area contributed by atoms with Crippen molar-refractivity contribution in [3.63, 3.8) is 0 Å². The number of hydrogen-bond acceptors (Lipinski definition) is 5. The second-order valence-electron chi connectivity index (χ2n) is 9.76. The molecular formula is C32H31F2N5O. The van der Waals surface area contributed by atoms with Crippen molar-refractivity contribution in [2.45, 2.75) is 44.4 Å². The number of aryl methyl sites for hydroxylation is 1. The van der Waals surface area contributed by atoms with Crippen LogP contribution in [0.4, 0.5) is 8.78 Å². The van der Waals surface area contributed by atoms with Crippen molar-refractivity contribution in [2.24, 2.45) is 0 Å². The molecule has 0 amide bonds. The Morgan fingerprint density at radius 2 is 1.52 bits per heavy atom. The highest BCUT2D eigenvalue weighted by Gasteiger charge is 2.40. The van der Waals surface area contributed by atoms with E-state index in [1.807, 2.05) is 72.8 Å². The number of aliphatic hydroxyl groups is 1. The molecule has 0 aliphatic carbocycles. The second kappa shape index (κ2) is 11.5. The van der Waals surface area contributed by atoms with Crippen molar-refractivity contribution >= 4 is 0 Å². The highest BCUT2D eigenvalue weighted by molar-refractivity contribution is 5.41. The van der Waals surface area contributed by atoms with Crippen LogP contribution in [0.5, 0.6) is 0 Å². The van der Waals surface area contributed by atoms with Crippen molar-refractivity contribution in [1.82, 2.24) is 25.3 Å². The summed E-state index contributed by atoms with van der Waals surface area (Å²) in [6.45, 7) is 3.23. The van der Waals surface area contributed by atoms with Crippen LogP contribution in [-0.4, -0.2) is 25.1 Å². The van der Waals surface area contributed by atoms with Gasteiger partial charge in [-0.2, -0.15) is 9.90 Å². The second-order valence-corrected chi connectivity index (χ2v) is 9.76. The third kappa shape index (κ3) is 5.54. The van der Waals surface area contributed by atoms with E-state index in [0.29, 0.717) is 29.1 Å². The lowest BCUT2D eigenvalue weighted by Crippen LogP contribution is -2.48. The molecule has 2 N–H and O–H groups in total. The Bertz CT molecular complexity index is 1540. The maximum absolute atomic E-state index is 14.9. The molecule has 0 fully saturated rings. The quantitative estimate of drug-likeness (QED) is 0.206. The molecule has 0 saturated carbocycles. The van der Waals surface area contributed by atoms with E-state index in [0.717, 1.165) is 11.3 Å². The monoisotopic (exact) mass is 539 g/mol. The minimum absolute atomic E-state index is 0.0941. The zero-order valence-electron chi connectivity index (χ0n) is 22.4. The summed E-state index contributed by atoms with van der Waals surface area (Å²) in [5.74, 6) is -3.01. The first-order valence-electron chi connectivity index (χ1n) is 13.2. The van der Waals surface area contributed by atoms with Crippen molar-refractivity contribution in [2.75, 3.05) is 0 Å². The zero-order chi connectivity index (χ0) is 28.2. The lowest BCUT2D eigenvalue weighted by molar-refractivity contribution is -0.00848. The smallest absolute Gasteiger partial charge is 0.273 e. The molecule has 2 aromatic heterocycles. The molecule has 2 unspecified atom stereocenters. The molecular weight excluding hydrogens is 508 g/mol. The van der Waals surface area contributed by atoms with E-state index in [2.05, 4.69) is 20.5 Å². The van der Waals surface area contributed by atoms with Gasteiger partial charge < -0.3 is 5.11 Å². The van der Waals surface area contributed by atoms with Crippen molar-refractivity contribution in [1.29, 1.82) is 0 Å². The number of alkyl halides is 2. The Balaban J connectivity index is 1.66. The average molecular weight is 540 g/mol. The number of benzene rings is 3. The van der Waals surface area contributed by atoms with Crippen LogP contribution in [0.25, 0.3) is 5.69 Å². The molecule has 5 rings (SSSR count). The zero-order valence-corrected chi connectivity index (χ0v) is 22.4. The van der Waals surface area contributed by atoms with Crippen LogP contribution in [0, 0.1) is 6.92 Å². The van der Waals surface area contributed by atoms with Gasteiger partial charge in [0.2, 0.25) is 0 Å². The molecule has 0 spiro atoms. The van der Waals surface area contributed by atoms with Gasteiger partial charge in [0.1, 0.15) is 5.69 Å². The van der Waals surface area contributed by atoms with E-state index in [9.17, 15) is 13.9 Å². The van der Waals surface area contributed by atoms with E-state index in [1.54, 1.807) is 31.3 Å². The fourth-order valence-electron chi connectivity index (χ4n) is 4.90. The Morgan fingerprint density at radius 3 is 2.20 bits per heavy atom. The number of para-hydroxylation sites is 1. The van der Waals surface area contributed by atoms with Crippen LogP contribution in [0.2, 0.25) is 0 Å². The first-order chi connectivity index (χ1) is 19.3. The van der Waals surface area contributed by atoms with Crippen LogP contribution in [0.3, 0.4) is 0 Å². The van der Waals surface area contributed by atoms with Crippen LogP contribution in [0.15, 0.2) is 109 Å². The maximum Gasteiger partial charge on any atom is 0.273 e. The van der Waals surface area contributed by atoms with E-state index in [4.69, 9.17) is 0 Å². The Morgan fingerprint density at radius 1 is 0.850 bits per heavy atom. The number of nitrogens with zero attached hydrogens (tertiary/aromatic N) is 4. The summed E-state index contributed by atoms with van der Waals surface area (Å²) in [4.78, 5) is 6.13. The van der Waals surface area contributed by atoms with Gasteiger partial charge in [0.15, 0.2) is 6.23 Å². The summed E-state index contributed by atoms with van der Waals surface area (Å²) < 4.78 is 29.8. The number of aliphatic hydroxyl groups excluding tert-OH is 1. The van der Waals surface area contributed by atoms with Gasteiger partial charge in [0.05, 0.1) is 22.6 Å². The minimum Gasteiger partial charge on any atom is -0.372 e. The number of pyridine rings is 1. The first-order valence-corrected chi connectivity index (χ1v) is 13.2. The third-order valence-electron chi connectivity index (χ3n) is 7.08. The van der Waals surface area contributed by atoms with Gasteiger partial charge in [0, 0.05) is 24.6 Å². The van der Waals surface area contributed by atoms with Crippen molar-refractivity contribution < 1.29 is 13.9 Å². The molecule has 0 aliphatic rings. The number of halogens is 2. The fraction of sp³-hybridized carbons (Fsp3) is 0.219. The SMILES string of the molecule is CCC(F)(F)c1cccc(C(Cc2ccccc2)(NC(O)c2nn(-c3ccccc3)nc2C)c2ccccn2)c1. The molecule has 2 atom stereocenters. The van der Waals surface area contributed by atoms with Crippen molar-refractivity contribution in [3.05, 3.63) is 143 Å². The highest BCUT2D eigenvalue weighted by Crippen LogP contribution is 2.38. The standard InChI is InChI=1S/C32H31F2N5O/c1-3-32(33,34)26-16-12-15-25(21-26)31(28-19-10-11-20-35-28,22-24-13-6-4-7-14-24)36-30(40)29-23(2)37-39(38-29)27-17-8-5-9-18-27/h4-21,30,36,40H,3,22H2,1-2H3. The normalized spacial score (nSPS) is 14.0. The molecule has 3 aromatic carbocycles. The number of rotatable bonds is 10. The summed E-state index contributed by atoms with van der Waals surface area (Å²) in [6.07, 6.45) is 0.363. The minimum atomic E-state index is -3.01. The third-order valence-corrected chi connectivity index (χ3v) is 7.08. The highest BCUT2D eigenvalue weighted by atomic mass is 19.3. The largest absolute Gasteiger partial charge is 0.372 e. The molecule has 0 aliphatic heterocycles. The summed E-state index contributed by atoms with van der Waals surface area (Å²) in [5, 5.41) is 24.1. The molecule has 0 saturated heterocycles. The van der Waals surface area contributed by atoms with Gasteiger partial charge in [-0.1, -0.05) is 79.7 Å². The topological polar surface area (TPSA) is 75.9 Å². The number of aromatic nitrogens is 4. The van der Waals surface area contributed by atoms with Crippen LogP contribution in [0.1, 0.15) is 53.3 Å². The first kappa shape index (κ1) is 27.3. The van der Waals surface area contributed by atoms with Gasteiger partial charge >= 0.3 is 0 Å². The summed E-state index contributed by atoms with van der Waals surface area (Å²) >= 11 is 0. The van der Waals surface area contributed by atoms with Gasteiger partial charge in [-0.3, -0.25) is 10.3 Å². The van der Waals surface area contributed by atoms with Gasteiger partial charge in [0.25, 0.3) is 5.92 Å². The summed E-state index contributed by atoms with van der Waals surface area (Å²) in [6, 6.07) is 30.9. The summed E-state index contributed by atoms with van der Waals surface area (Å²) in [5.41, 5.74) is 2.38. The summed E-state index contributed by atoms with van der Waals surface area (Å²) in [7, 11) is 0. The predicted octanol–water partition coefficient (Wildman–Crippen LogP) is 6.24. The van der Waals surface area contributed by atoms with Crippen molar-refractivity contribution in [3.8, 4) is 5.69 Å². The van der Waals surface area contributed by atoms with E-state index < -0.39 is 17.7 Å². The van der Waals surface area contributed by atoms with E-state index >= 15 is 0 Å². The van der Waals surface area contributed by atoms with Crippen LogP contribution < -0.4 is 5.32 Å². The number of hydrogen-bond donors (Lipinski definition) is 2. The molecule has 8 heteroatoms.